The highest BCUT2D eigenvalue weighted by atomic mass is 16.1. The average Bonchev–Trinajstić information content (AvgIpc) is 2.39. The van der Waals surface area contributed by atoms with Crippen LogP contribution in [0.25, 0.3) is 0 Å². The van der Waals surface area contributed by atoms with Gasteiger partial charge in [0.15, 0.2) is 0 Å². The second-order valence-corrected chi connectivity index (χ2v) is 4.55. The third-order valence-corrected chi connectivity index (χ3v) is 2.70. The van der Waals surface area contributed by atoms with Gasteiger partial charge in [-0.15, -0.1) is 0 Å². The SMILES string of the molecule is CCCC(=O)Nc1cccc(Nc2cc(C)ncn2)c1. The van der Waals surface area contributed by atoms with Gasteiger partial charge in [-0.2, -0.15) is 0 Å². The first-order valence-electron chi connectivity index (χ1n) is 6.63. The van der Waals surface area contributed by atoms with E-state index in [9.17, 15) is 4.79 Å². The molecule has 0 atom stereocenters. The third-order valence-electron chi connectivity index (χ3n) is 2.70. The second-order valence-electron chi connectivity index (χ2n) is 4.55. The van der Waals surface area contributed by atoms with Crippen LogP contribution in [0, 0.1) is 6.92 Å². The fourth-order valence-corrected chi connectivity index (χ4v) is 1.80. The standard InChI is InChI=1S/C15H18N4O/c1-3-5-15(20)19-13-7-4-6-12(9-13)18-14-8-11(2)16-10-17-14/h4,6-10H,3,5H2,1-2H3,(H,19,20)(H,16,17,18). The molecule has 0 fully saturated rings. The van der Waals surface area contributed by atoms with Gasteiger partial charge in [0.05, 0.1) is 0 Å². The van der Waals surface area contributed by atoms with Crippen LogP contribution in [-0.2, 0) is 4.79 Å². The Labute approximate surface area is 118 Å². The summed E-state index contributed by atoms with van der Waals surface area (Å²) in [5, 5.41) is 6.06. The molecular weight excluding hydrogens is 252 g/mol. The van der Waals surface area contributed by atoms with E-state index in [-0.39, 0.29) is 5.91 Å². The lowest BCUT2D eigenvalue weighted by molar-refractivity contribution is -0.116. The summed E-state index contributed by atoms with van der Waals surface area (Å²) in [7, 11) is 0. The molecule has 104 valence electrons. The van der Waals surface area contributed by atoms with E-state index in [2.05, 4.69) is 20.6 Å². The smallest absolute Gasteiger partial charge is 0.224 e. The Hall–Kier alpha value is -2.43. The van der Waals surface area contributed by atoms with Crippen molar-refractivity contribution in [2.24, 2.45) is 0 Å². The Balaban J connectivity index is 2.08. The molecule has 0 aliphatic heterocycles. The van der Waals surface area contributed by atoms with Crippen molar-refractivity contribution < 1.29 is 4.79 Å². The van der Waals surface area contributed by atoms with Crippen LogP contribution in [0.2, 0.25) is 0 Å². The molecule has 2 aromatic rings. The van der Waals surface area contributed by atoms with Crippen molar-refractivity contribution in [1.29, 1.82) is 0 Å². The molecule has 2 N–H and O–H groups in total. The lowest BCUT2D eigenvalue weighted by atomic mass is 10.2. The molecule has 0 aliphatic rings. The summed E-state index contributed by atoms with van der Waals surface area (Å²) in [5.74, 6) is 0.761. The van der Waals surface area contributed by atoms with E-state index in [0.29, 0.717) is 6.42 Å². The Bertz CT molecular complexity index is 598. The van der Waals surface area contributed by atoms with Gasteiger partial charge >= 0.3 is 0 Å². The number of amides is 1. The first-order chi connectivity index (χ1) is 9.67. The first kappa shape index (κ1) is 14.0. The van der Waals surface area contributed by atoms with Gasteiger partial charge < -0.3 is 10.6 Å². The van der Waals surface area contributed by atoms with Crippen molar-refractivity contribution in [3.8, 4) is 0 Å². The number of rotatable bonds is 5. The maximum absolute atomic E-state index is 11.6. The minimum Gasteiger partial charge on any atom is -0.340 e. The van der Waals surface area contributed by atoms with Crippen molar-refractivity contribution in [1.82, 2.24) is 9.97 Å². The van der Waals surface area contributed by atoms with Crippen LogP contribution in [0.15, 0.2) is 36.7 Å². The van der Waals surface area contributed by atoms with Gasteiger partial charge in [-0.1, -0.05) is 13.0 Å². The van der Waals surface area contributed by atoms with E-state index >= 15 is 0 Å². The molecule has 5 heteroatoms. The number of benzene rings is 1. The zero-order valence-electron chi connectivity index (χ0n) is 11.7. The van der Waals surface area contributed by atoms with Crippen LogP contribution in [0.1, 0.15) is 25.5 Å². The first-order valence-corrected chi connectivity index (χ1v) is 6.63. The van der Waals surface area contributed by atoms with Gasteiger partial charge in [-0.3, -0.25) is 4.79 Å². The molecule has 2 rings (SSSR count). The van der Waals surface area contributed by atoms with Crippen LogP contribution in [0.5, 0.6) is 0 Å². The molecule has 1 heterocycles. The number of nitrogens with zero attached hydrogens (tertiary/aromatic N) is 2. The van der Waals surface area contributed by atoms with Crippen LogP contribution in [0.3, 0.4) is 0 Å². The summed E-state index contributed by atoms with van der Waals surface area (Å²) in [6.45, 7) is 3.89. The van der Waals surface area contributed by atoms with Crippen molar-refractivity contribution in [2.45, 2.75) is 26.7 Å². The fourth-order valence-electron chi connectivity index (χ4n) is 1.80. The molecule has 0 aliphatic carbocycles. The van der Waals surface area contributed by atoms with Crippen molar-refractivity contribution in [3.63, 3.8) is 0 Å². The molecular formula is C15H18N4O. The van der Waals surface area contributed by atoms with Crippen LogP contribution in [-0.4, -0.2) is 15.9 Å². The van der Waals surface area contributed by atoms with Gasteiger partial charge in [-0.25, -0.2) is 9.97 Å². The number of hydrogen-bond donors (Lipinski definition) is 2. The van der Waals surface area contributed by atoms with Crippen LogP contribution >= 0.6 is 0 Å². The van der Waals surface area contributed by atoms with E-state index in [1.165, 1.54) is 6.33 Å². The number of carbonyl (C=O) groups excluding carboxylic acids is 1. The minimum absolute atomic E-state index is 0.0301. The minimum atomic E-state index is 0.0301. The lowest BCUT2D eigenvalue weighted by Gasteiger charge is -2.09. The largest absolute Gasteiger partial charge is 0.340 e. The van der Waals surface area contributed by atoms with Crippen molar-refractivity contribution in [3.05, 3.63) is 42.4 Å². The molecule has 0 bridgehead atoms. The van der Waals surface area contributed by atoms with Crippen LogP contribution in [0.4, 0.5) is 17.2 Å². The van der Waals surface area contributed by atoms with Gasteiger partial charge in [0.25, 0.3) is 0 Å². The maximum atomic E-state index is 11.6. The van der Waals surface area contributed by atoms with E-state index in [4.69, 9.17) is 0 Å². The predicted molar refractivity (Wildman–Crippen MR) is 80.0 cm³/mol. The zero-order valence-corrected chi connectivity index (χ0v) is 11.7. The Morgan fingerprint density at radius 3 is 2.75 bits per heavy atom. The quantitative estimate of drug-likeness (QED) is 0.875. The summed E-state index contributed by atoms with van der Waals surface area (Å²) in [5.41, 5.74) is 2.55. The van der Waals surface area contributed by atoms with Crippen molar-refractivity contribution in [2.75, 3.05) is 10.6 Å². The van der Waals surface area contributed by atoms with Gasteiger partial charge in [0.2, 0.25) is 5.91 Å². The number of carbonyl (C=O) groups is 1. The van der Waals surface area contributed by atoms with Gasteiger partial charge in [0.1, 0.15) is 12.1 Å². The molecule has 5 nitrogen and oxygen atoms in total. The normalized spacial score (nSPS) is 10.1. The van der Waals surface area contributed by atoms with E-state index in [0.717, 1.165) is 29.3 Å². The highest BCUT2D eigenvalue weighted by Gasteiger charge is 2.02. The number of aryl methyl sites for hydroxylation is 1. The molecule has 0 radical (unpaired) electrons. The Morgan fingerprint density at radius 1 is 1.20 bits per heavy atom. The summed E-state index contributed by atoms with van der Waals surface area (Å²) in [6, 6.07) is 9.42. The molecule has 20 heavy (non-hydrogen) atoms. The zero-order chi connectivity index (χ0) is 14.4. The Kier molecular flexibility index (Phi) is 4.65. The van der Waals surface area contributed by atoms with E-state index in [1.807, 2.05) is 44.2 Å². The highest BCUT2D eigenvalue weighted by Crippen LogP contribution is 2.19. The monoisotopic (exact) mass is 270 g/mol. The van der Waals surface area contributed by atoms with E-state index in [1.54, 1.807) is 0 Å². The highest BCUT2D eigenvalue weighted by molar-refractivity contribution is 5.91. The molecule has 0 saturated heterocycles. The number of aromatic nitrogens is 2. The van der Waals surface area contributed by atoms with Gasteiger partial charge in [-0.05, 0) is 31.5 Å². The third kappa shape index (κ3) is 4.05. The summed E-state index contributed by atoms with van der Waals surface area (Å²) < 4.78 is 0. The molecule has 1 aromatic heterocycles. The topological polar surface area (TPSA) is 66.9 Å². The van der Waals surface area contributed by atoms with E-state index < -0.39 is 0 Å². The Morgan fingerprint density at radius 2 is 2.00 bits per heavy atom. The molecule has 1 amide bonds. The lowest BCUT2D eigenvalue weighted by Crippen LogP contribution is -2.10. The summed E-state index contributed by atoms with van der Waals surface area (Å²) in [6.07, 6.45) is 2.89. The molecule has 0 unspecified atom stereocenters. The van der Waals surface area contributed by atoms with Crippen molar-refractivity contribution >= 4 is 23.1 Å². The number of anilines is 3. The fraction of sp³-hybridized carbons (Fsp3) is 0.267. The molecule has 0 saturated carbocycles. The number of nitrogens with one attached hydrogen (secondary N) is 2. The summed E-state index contributed by atoms with van der Waals surface area (Å²) in [4.78, 5) is 19.8. The predicted octanol–water partition coefficient (Wildman–Crippen LogP) is 3.27. The van der Waals surface area contributed by atoms with Crippen LogP contribution < -0.4 is 10.6 Å². The summed E-state index contributed by atoms with van der Waals surface area (Å²) >= 11 is 0. The average molecular weight is 270 g/mol. The maximum Gasteiger partial charge on any atom is 0.224 e. The number of hydrogen-bond acceptors (Lipinski definition) is 4. The molecule has 1 aromatic carbocycles. The second kappa shape index (κ2) is 6.65. The van der Waals surface area contributed by atoms with Gasteiger partial charge in [0, 0.05) is 29.6 Å². The molecule has 0 spiro atoms.